The van der Waals surface area contributed by atoms with Crippen LogP contribution in [0.5, 0.6) is 0 Å². The number of carbonyl (C=O) groups excluding carboxylic acids is 1. The maximum Gasteiger partial charge on any atom is 0.413 e. The predicted molar refractivity (Wildman–Crippen MR) is 94.4 cm³/mol. The first-order valence-electron chi connectivity index (χ1n) is 8.42. The third-order valence-corrected chi connectivity index (χ3v) is 4.13. The fraction of sp³-hybridized carbons (Fsp3) is 0.667. The van der Waals surface area contributed by atoms with Crippen LogP contribution in [0.1, 0.15) is 57.3 Å². The third-order valence-electron chi connectivity index (χ3n) is 4.13. The molecule has 1 aromatic rings. The molecule has 0 aromatic carbocycles. The van der Waals surface area contributed by atoms with E-state index in [0.717, 1.165) is 25.3 Å². The highest BCUT2D eigenvalue weighted by Gasteiger charge is 2.25. The summed E-state index contributed by atoms with van der Waals surface area (Å²) in [4.78, 5) is 18.8. The topological polar surface area (TPSA) is 63.7 Å². The molecule has 0 radical (unpaired) electrons. The summed E-state index contributed by atoms with van der Waals surface area (Å²) in [5.74, 6) is 0.876. The number of pyridine rings is 1. The molecule has 2 heterocycles. The fourth-order valence-corrected chi connectivity index (χ4v) is 2.67. The lowest BCUT2D eigenvalue weighted by atomic mass is 9.94. The van der Waals surface area contributed by atoms with Gasteiger partial charge < -0.3 is 14.4 Å². The van der Waals surface area contributed by atoms with E-state index < -0.39 is 11.7 Å². The minimum Gasteiger partial charge on any atom is -0.444 e. The Labute approximate surface area is 144 Å². The summed E-state index contributed by atoms with van der Waals surface area (Å²) >= 11 is 0. The van der Waals surface area contributed by atoms with Gasteiger partial charge in [0.05, 0.1) is 12.3 Å². The first kappa shape index (κ1) is 18.7. The Kier molecular flexibility index (Phi) is 5.83. The highest BCUT2D eigenvalue weighted by atomic mass is 16.6. The molecule has 2 atom stereocenters. The fourth-order valence-electron chi connectivity index (χ4n) is 2.67. The Hall–Kier alpha value is -1.66. The molecule has 0 saturated carbocycles. The Morgan fingerprint density at radius 2 is 2.12 bits per heavy atom. The average molecular weight is 335 g/mol. The molecule has 2 unspecified atom stereocenters. The lowest BCUT2D eigenvalue weighted by molar-refractivity contribution is 0.0635. The third kappa shape index (κ3) is 4.92. The van der Waals surface area contributed by atoms with Gasteiger partial charge in [-0.05, 0) is 59.8 Å². The van der Waals surface area contributed by atoms with Crippen LogP contribution in [0.25, 0.3) is 0 Å². The normalized spacial score (nSPS) is 19.4. The molecule has 24 heavy (non-hydrogen) atoms. The first-order valence-corrected chi connectivity index (χ1v) is 8.42. The summed E-state index contributed by atoms with van der Waals surface area (Å²) < 4.78 is 10.8. The van der Waals surface area contributed by atoms with Crippen molar-refractivity contribution in [2.45, 2.75) is 51.7 Å². The predicted octanol–water partition coefficient (Wildman–Crippen LogP) is 3.56. The quantitative estimate of drug-likeness (QED) is 0.911. The smallest absolute Gasteiger partial charge is 0.413 e. The van der Waals surface area contributed by atoms with Crippen LogP contribution in [-0.4, -0.2) is 48.9 Å². The minimum atomic E-state index is -0.537. The van der Waals surface area contributed by atoms with E-state index in [1.54, 1.807) is 0 Å². The molecule has 0 aliphatic carbocycles. The SMILES string of the molecule is CC(c1nc(NC(=O)OC(C)(C)C)ccc1C1CCOC1)N(C)C. The van der Waals surface area contributed by atoms with E-state index in [-0.39, 0.29) is 6.04 Å². The summed E-state index contributed by atoms with van der Waals surface area (Å²) in [6.45, 7) is 9.14. The molecule has 1 aromatic heterocycles. The van der Waals surface area contributed by atoms with E-state index in [4.69, 9.17) is 14.5 Å². The molecule has 1 saturated heterocycles. The number of nitrogens with one attached hydrogen (secondary N) is 1. The molecule has 0 spiro atoms. The van der Waals surface area contributed by atoms with Crippen LogP contribution in [0.4, 0.5) is 10.6 Å². The molecule has 6 heteroatoms. The monoisotopic (exact) mass is 335 g/mol. The first-order chi connectivity index (χ1) is 11.2. The van der Waals surface area contributed by atoms with Crippen LogP contribution in [0.3, 0.4) is 0 Å². The number of aromatic nitrogens is 1. The Bertz CT molecular complexity index is 575. The second kappa shape index (κ2) is 7.49. The summed E-state index contributed by atoms with van der Waals surface area (Å²) in [7, 11) is 4.05. The molecule has 0 bridgehead atoms. The van der Waals surface area contributed by atoms with E-state index in [1.807, 2.05) is 47.0 Å². The maximum atomic E-state index is 12.0. The molecule has 1 aliphatic heterocycles. The number of ether oxygens (including phenoxy) is 2. The van der Waals surface area contributed by atoms with Gasteiger partial charge in [-0.15, -0.1) is 0 Å². The van der Waals surface area contributed by atoms with Crippen molar-refractivity contribution in [3.05, 3.63) is 23.4 Å². The van der Waals surface area contributed by atoms with Crippen molar-refractivity contribution in [1.29, 1.82) is 0 Å². The van der Waals surface area contributed by atoms with E-state index >= 15 is 0 Å². The van der Waals surface area contributed by atoms with Crippen LogP contribution >= 0.6 is 0 Å². The van der Waals surface area contributed by atoms with Crippen LogP contribution in [0, 0.1) is 0 Å². The van der Waals surface area contributed by atoms with Gasteiger partial charge in [-0.3, -0.25) is 5.32 Å². The molecular weight excluding hydrogens is 306 g/mol. The van der Waals surface area contributed by atoms with Gasteiger partial charge in [0, 0.05) is 18.6 Å². The zero-order valence-electron chi connectivity index (χ0n) is 15.5. The van der Waals surface area contributed by atoms with Gasteiger partial charge in [0.1, 0.15) is 11.4 Å². The van der Waals surface area contributed by atoms with E-state index in [2.05, 4.69) is 17.1 Å². The number of nitrogens with zero attached hydrogens (tertiary/aromatic N) is 2. The lowest BCUT2D eigenvalue weighted by Crippen LogP contribution is -2.28. The van der Waals surface area contributed by atoms with Gasteiger partial charge >= 0.3 is 6.09 Å². The second-order valence-electron chi connectivity index (χ2n) is 7.50. The van der Waals surface area contributed by atoms with Crippen molar-refractivity contribution in [3.8, 4) is 0 Å². The Morgan fingerprint density at radius 1 is 1.42 bits per heavy atom. The lowest BCUT2D eigenvalue weighted by Gasteiger charge is -2.25. The highest BCUT2D eigenvalue weighted by molar-refractivity contribution is 5.83. The Balaban J connectivity index is 2.25. The van der Waals surface area contributed by atoms with Gasteiger partial charge in [-0.25, -0.2) is 9.78 Å². The van der Waals surface area contributed by atoms with Crippen molar-refractivity contribution in [1.82, 2.24) is 9.88 Å². The maximum absolute atomic E-state index is 12.0. The van der Waals surface area contributed by atoms with E-state index in [1.165, 1.54) is 5.56 Å². The molecule has 2 rings (SSSR count). The van der Waals surface area contributed by atoms with Gasteiger partial charge in [-0.1, -0.05) is 6.07 Å². The summed E-state index contributed by atoms with van der Waals surface area (Å²) in [5, 5.41) is 2.73. The zero-order chi connectivity index (χ0) is 17.9. The van der Waals surface area contributed by atoms with Crippen LogP contribution in [0.2, 0.25) is 0 Å². The summed E-state index contributed by atoms with van der Waals surface area (Å²) in [6.07, 6.45) is 0.517. The second-order valence-corrected chi connectivity index (χ2v) is 7.50. The number of rotatable bonds is 4. The zero-order valence-corrected chi connectivity index (χ0v) is 15.5. The number of hydrogen-bond donors (Lipinski definition) is 1. The molecule has 1 amide bonds. The van der Waals surface area contributed by atoms with Crippen molar-refractivity contribution in [2.24, 2.45) is 0 Å². The molecular formula is C18H29N3O3. The van der Waals surface area contributed by atoms with Gasteiger partial charge in [-0.2, -0.15) is 0 Å². The summed E-state index contributed by atoms with van der Waals surface area (Å²) in [5.41, 5.74) is 1.64. The minimum absolute atomic E-state index is 0.140. The Morgan fingerprint density at radius 3 is 2.67 bits per heavy atom. The summed E-state index contributed by atoms with van der Waals surface area (Å²) in [6, 6.07) is 4.03. The largest absolute Gasteiger partial charge is 0.444 e. The number of anilines is 1. The molecule has 1 fully saturated rings. The van der Waals surface area contributed by atoms with Crippen LogP contribution in [-0.2, 0) is 9.47 Å². The number of carbonyl (C=O) groups is 1. The molecule has 1 N–H and O–H groups in total. The van der Waals surface area contributed by atoms with Crippen molar-refractivity contribution in [2.75, 3.05) is 32.6 Å². The average Bonchev–Trinajstić information content (AvgIpc) is 2.98. The standard InChI is InChI=1S/C18H29N3O3/c1-12(21(5)6)16-14(13-9-10-23-11-13)7-8-15(19-16)20-17(22)24-18(2,3)4/h7-8,12-13H,9-11H2,1-6H3,(H,19,20,22). The molecule has 134 valence electrons. The van der Waals surface area contributed by atoms with Gasteiger partial charge in [0.25, 0.3) is 0 Å². The van der Waals surface area contributed by atoms with Crippen LogP contribution in [0.15, 0.2) is 12.1 Å². The highest BCUT2D eigenvalue weighted by Crippen LogP contribution is 2.32. The van der Waals surface area contributed by atoms with Gasteiger partial charge in [0.2, 0.25) is 0 Å². The van der Waals surface area contributed by atoms with Crippen molar-refractivity contribution < 1.29 is 14.3 Å². The van der Waals surface area contributed by atoms with E-state index in [9.17, 15) is 4.79 Å². The number of amides is 1. The van der Waals surface area contributed by atoms with Crippen LogP contribution < -0.4 is 5.32 Å². The van der Waals surface area contributed by atoms with Crippen molar-refractivity contribution >= 4 is 11.9 Å². The van der Waals surface area contributed by atoms with Gasteiger partial charge in [0.15, 0.2) is 0 Å². The van der Waals surface area contributed by atoms with Crippen molar-refractivity contribution in [3.63, 3.8) is 0 Å². The van der Waals surface area contributed by atoms with E-state index in [0.29, 0.717) is 11.7 Å². The molecule has 1 aliphatic rings. The number of hydrogen-bond acceptors (Lipinski definition) is 5. The molecule has 6 nitrogen and oxygen atoms in total.